The highest BCUT2D eigenvalue weighted by atomic mass is 16.6. The van der Waals surface area contributed by atoms with Crippen LogP contribution in [-0.2, 0) is 16.0 Å². The third-order valence-electron chi connectivity index (χ3n) is 4.95. The summed E-state index contributed by atoms with van der Waals surface area (Å²) in [4.78, 5) is 27.4. The number of ether oxygens (including phenoxy) is 3. The van der Waals surface area contributed by atoms with Crippen LogP contribution in [0.1, 0.15) is 31.4 Å². The number of aryl methyl sites for hydroxylation is 1. The summed E-state index contributed by atoms with van der Waals surface area (Å²) < 4.78 is 15.6. The zero-order chi connectivity index (χ0) is 23.8. The molecule has 1 aromatic heterocycles. The Labute approximate surface area is 191 Å². The predicted molar refractivity (Wildman–Crippen MR) is 118 cm³/mol. The number of aliphatic hydroxyl groups excluding tert-OH is 1. The molecule has 0 fully saturated rings. The number of nitriles is 1. The Hall–Kier alpha value is -3.74. The number of carbonyl (C=O) groups is 2. The van der Waals surface area contributed by atoms with E-state index in [9.17, 15) is 20.0 Å². The van der Waals surface area contributed by atoms with Crippen LogP contribution in [0.15, 0.2) is 48.7 Å². The van der Waals surface area contributed by atoms with Gasteiger partial charge >= 0.3 is 11.9 Å². The fourth-order valence-corrected chi connectivity index (χ4v) is 3.07. The number of aromatic nitrogens is 1. The zero-order valence-corrected chi connectivity index (χ0v) is 18.4. The summed E-state index contributed by atoms with van der Waals surface area (Å²) in [6.07, 6.45) is 3.80. The lowest BCUT2D eigenvalue weighted by Gasteiger charge is -2.28. The Morgan fingerprint density at radius 3 is 2.58 bits per heavy atom. The number of β-amino-alcohol motifs (C(OH)–C–C–N with tert-alkyl or cyclic N) is 1. The second kappa shape index (κ2) is 10.7. The fraction of sp³-hybridized carbons (Fsp3) is 0.333. The fourth-order valence-electron chi connectivity index (χ4n) is 3.07. The van der Waals surface area contributed by atoms with Crippen molar-refractivity contribution in [2.45, 2.75) is 38.3 Å². The van der Waals surface area contributed by atoms with Gasteiger partial charge in [0, 0.05) is 24.2 Å². The minimum absolute atomic E-state index is 0.146. The minimum atomic E-state index is -0.889. The van der Waals surface area contributed by atoms with Crippen molar-refractivity contribution in [3.05, 3.63) is 59.8 Å². The molecule has 0 bridgehead atoms. The van der Waals surface area contributed by atoms with Crippen LogP contribution >= 0.6 is 0 Å². The molecule has 2 aromatic rings. The van der Waals surface area contributed by atoms with E-state index in [0.717, 1.165) is 31.2 Å². The van der Waals surface area contributed by atoms with Gasteiger partial charge in [-0.05, 0) is 32.3 Å². The first-order valence-electron chi connectivity index (χ1n) is 10.4. The lowest BCUT2D eigenvalue weighted by atomic mass is 9.95. The van der Waals surface area contributed by atoms with Crippen LogP contribution in [0.5, 0.6) is 17.4 Å². The van der Waals surface area contributed by atoms with Gasteiger partial charge in [-0.1, -0.05) is 30.3 Å². The van der Waals surface area contributed by atoms with Crippen LogP contribution in [0.25, 0.3) is 0 Å². The van der Waals surface area contributed by atoms with Crippen LogP contribution < -0.4 is 19.5 Å². The highest BCUT2D eigenvalue weighted by Gasteiger charge is 2.25. The van der Waals surface area contributed by atoms with E-state index < -0.39 is 18.0 Å². The van der Waals surface area contributed by atoms with Crippen molar-refractivity contribution >= 4 is 11.9 Å². The molecule has 1 aliphatic heterocycles. The maximum atomic E-state index is 11.8. The lowest BCUT2D eigenvalue weighted by molar-refractivity contribution is -0.133. The molecule has 1 atom stereocenters. The molecule has 1 aliphatic rings. The largest absolute Gasteiger partial charge is 0.474 e. The monoisotopic (exact) mass is 451 g/mol. The normalized spacial score (nSPS) is 15.2. The highest BCUT2D eigenvalue weighted by molar-refractivity contribution is 5.95. The number of nitrogens with zero attached hydrogens (tertiary/aromatic N) is 2. The number of carbonyl (C=O) groups excluding carboxylic acids is 2. The number of hydrogen-bond acceptors (Lipinski definition) is 9. The van der Waals surface area contributed by atoms with Crippen molar-refractivity contribution in [1.29, 1.82) is 5.26 Å². The molecule has 3 rings (SSSR count). The van der Waals surface area contributed by atoms with Gasteiger partial charge in [-0.2, -0.15) is 5.26 Å². The van der Waals surface area contributed by atoms with Crippen molar-refractivity contribution in [3.63, 3.8) is 0 Å². The minimum Gasteiger partial charge on any atom is -0.474 e. The van der Waals surface area contributed by atoms with Crippen molar-refractivity contribution < 1.29 is 28.9 Å². The van der Waals surface area contributed by atoms with Gasteiger partial charge < -0.3 is 24.6 Å². The van der Waals surface area contributed by atoms with Gasteiger partial charge in [0.25, 0.3) is 0 Å². The maximum Gasteiger partial charge on any atom is 0.336 e. The number of esters is 2. The molecule has 1 unspecified atom stereocenters. The first kappa shape index (κ1) is 23.9. The molecule has 9 heteroatoms. The molecule has 0 amide bonds. The van der Waals surface area contributed by atoms with E-state index in [1.165, 1.54) is 5.56 Å². The number of pyridine rings is 1. The first-order valence-corrected chi connectivity index (χ1v) is 10.4. The average molecular weight is 451 g/mol. The molecular weight excluding hydrogens is 426 g/mol. The highest BCUT2D eigenvalue weighted by Crippen LogP contribution is 2.36. The van der Waals surface area contributed by atoms with E-state index in [1.54, 1.807) is 0 Å². The van der Waals surface area contributed by atoms with Crippen LogP contribution in [0.3, 0.4) is 0 Å². The molecule has 0 radical (unpaired) electrons. The Balaban J connectivity index is 1.57. The Bertz CT molecular complexity index is 1080. The molecule has 33 heavy (non-hydrogen) atoms. The van der Waals surface area contributed by atoms with Crippen LogP contribution in [0, 0.1) is 11.3 Å². The van der Waals surface area contributed by atoms with Crippen molar-refractivity contribution in [2.24, 2.45) is 0 Å². The average Bonchev–Trinajstić information content (AvgIpc) is 2.80. The Kier molecular flexibility index (Phi) is 7.77. The summed E-state index contributed by atoms with van der Waals surface area (Å²) in [5.74, 6) is -2.23. The molecule has 2 heterocycles. The SMILES string of the molecule is CC(C)(CCc1ccccc1)NCC(O)COc1ncc2c(c1C#N)OC(=O)/C=C\C(=O)O2. The number of fused-ring (bicyclic) bond motifs is 1. The third kappa shape index (κ3) is 6.87. The number of aliphatic hydroxyl groups is 1. The van der Waals surface area contributed by atoms with Gasteiger partial charge in [0.05, 0.1) is 6.20 Å². The standard InChI is InChI=1S/C24H25N3O6/c1-24(2,11-10-16-6-4-3-5-7-16)27-13-17(28)15-31-23-18(12-25)22-19(14-26-23)32-20(29)8-9-21(30)33-22/h3-9,14,17,27-28H,10-11,13,15H2,1-2H3/b9-8-. The van der Waals surface area contributed by atoms with Gasteiger partial charge in [-0.15, -0.1) is 0 Å². The number of benzene rings is 1. The van der Waals surface area contributed by atoms with Gasteiger partial charge in [-0.25, -0.2) is 14.6 Å². The van der Waals surface area contributed by atoms with Crippen molar-refractivity contribution in [1.82, 2.24) is 10.3 Å². The topological polar surface area (TPSA) is 131 Å². The summed E-state index contributed by atoms with van der Waals surface area (Å²) in [5.41, 5.74) is 0.806. The summed E-state index contributed by atoms with van der Waals surface area (Å²) >= 11 is 0. The zero-order valence-electron chi connectivity index (χ0n) is 18.4. The molecule has 0 saturated heterocycles. The molecule has 0 aliphatic carbocycles. The second-order valence-electron chi connectivity index (χ2n) is 8.13. The lowest BCUT2D eigenvalue weighted by Crippen LogP contribution is -2.45. The Morgan fingerprint density at radius 1 is 1.18 bits per heavy atom. The predicted octanol–water partition coefficient (Wildman–Crippen LogP) is 2.07. The molecular formula is C24H25N3O6. The number of nitrogens with one attached hydrogen (secondary N) is 1. The first-order chi connectivity index (χ1) is 15.8. The van der Waals surface area contributed by atoms with Crippen molar-refractivity contribution in [3.8, 4) is 23.4 Å². The van der Waals surface area contributed by atoms with Gasteiger partial charge in [-0.3, -0.25) is 0 Å². The van der Waals surface area contributed by atoms with E-state index in [0.29, 0.717) is 0 Å². The van der Waals surface area contributed by atoms with E-state index in [-0.39, 0.29) is 41.6 Å². The Morgan fingerprint density at radius 2 is 1.88 bits per heavy atom. The van der Waals surface area contributed by atoms with E-state index in [4.69, 9.17) is 14.2 Å². The number of hydrogen-bond donors (Lipinski definition) is 2. The summed E-state index contributed by atoms with van der Waals surface area (Å²) in [6, 6.07) is 12.0. The quantitative estimate of drug-likeness (QED) is 0.550. The summed E-state index contributed by atoms with van der Waals surface area (Å²) in [7, 11) is 0. The molecule has 0 spiro atoms. The molecule has 172 valence electrons. The molecule has 1 aromatic carbocycles. The van der Waals surface area contributed by atoms with E-state index >= 15 is 0 Å². The van der Waals surface area contributed by atoms with Crippen LogP contribution in [0.4, 0.5) is 0 Å². The van der Waals surface area contributed by atoms with Crippen LogP contribution in [0.2, 0.25) is 0 Å². The summed E-state index contributed by atoms with van der Waals surface area (Å²) in [6.45, 7) is 4.21. The van der Waals surface area contributed by atoms with Gasteiger partial charge in [0.2, 0.25) is 5.88 Å². The van der Waals surface area contributed by atoms with Crippen molar-refractivity contribution in [2.75, 3.05) is 13.2 Å². The third-order valence-corrected chi connectivity index (χ3v) is 4.95. The smallest absolute Gasteiger partial charge is 0.336 e. The van der Waals surface area contributed by atoms with Gasteiger partial charge in [0.1, 0.15) is 18.8 Å². The maximum absolute atomic E-state index is 11.8. The molecule has 9 nitrogen and oxygen atoms in total. The summed E-state index contributed by atoms with van der Waals surface area (Å²) in [5, 5.41) is 23.2. The van der Waals surface area contributed by atoms with Crippen LogP contribution in [-0.4, -0.2) is 46.8 Å². The van der Waals surface area contributed by atoms with Gasteiger partial charge in [0.15, 0.2) is 17.1 Å². The number of rotatable bonds is 9. The van der Waals surface area contributed by atoms with E-state index in [1.807, 2.05) is 24.3 Å². The van der Waals surface area contributed by atoms with E-state index in [2.05, 4.69) is 36.3 Å². The molecule has 0 saturated carbocycles. The second-order valence-corrected chi connectivity index (χ2v) is 8.13. The molecule has 2 N–H and O–H groups in total.